The van der Waals surface area contributed by atoms with Crippen molar-refractivity contribution in [1.82, 2.24) is 5.32 Å². The van der Waals surface area contributed by atoms with Crippen molar-refractivity contribution in [2.45, 2.75) is 38.8 Å². The molecule has 1 saturated heterocycles. The topological polar surface area (TPSA) is 38.3 Å². The zero-order chi connectivity index (χ0) is 14.5. The van der Waals surface area contributed by atoms with Crippen LogP contribution in [0.25, 0.3) is 0 Å². The second-order valence-electron chi connectivity index (χ2n) is 5.59. The van der Waals surface area contributed by atoms with Gasteiger partial charge in [-0.25, -0.2) is 0 Å². The maximum absolute atomic E-state index is 12.3. The molecular weight excluding hydrogens is 270 g/mol. The highest BCUT2D eigenvalue weighted by Crippen LogP contribution is 2.19. The summed E-state index contributed by atoms with van der Waals surface area (Å²) >= 11 is 0. The smallest absolute Gasteiger partial charge is 0.0691 e. The van der Waals surface area contributed by atoms with Crippen LogP contribution >= 0.6 is 0 Å². The molecule has 20 heavy (non-hydrogen) atoms. The van der Waals surface area contributed by atoms with E-state index in [2.05, 4.69) is 37.4 Å². The third-order valence-corrected chi connectivity index (χ3v) is 5.48. The highest BCUT2D eigenvalue weighted by Gasteiger charge is 2.21. The minimum absolute atomic E-state index is 0.150. The SMILES string of the molecule is CNC(CS(=O)CC1CCCO1)c1ccc(C)c(C)c1. The summed E-state index contributed by atoms with van der Waals surface area (Å²) in [5.74, 6) is 1.32. The molecule has 1 N–H and O–H groups in total. The van der Waals surface area contributed by atoms with Crippen molar-refractivity contribution in [3.8, 4) is 0 Å². The Balaban J connectivity index is 1.96. The van der Waals surface area contributed by atoms with E-state index in [0.29, 0.717) is 11.5 Å². The first-order valence-electron chi connectivity index (χ1n) is 7.31. The third kappa shape index (κ3) is 4.14. The van der Waals surface area contributed by atoms with Gasteiger partial charge in [0.1, 0.15) is 0 Å². The van der Waals surface area contributed by atoms with Gasteiger partial charge in [0, 0.05) is 35.0 Å². The second-order valence-corrected chi connectivity index (χ2v) is 7.14. The van der Waals surface area contributed by atoms with Crippen LogP contribution < -0.4 is 5.32 Å². The summed E-state index contributed by atoms with van der Waals surface area (Å²) in [6, 6.07) is 6.61. The summed E-state index contributed by atoms with van der Waals surface area (Å²) in [5.41, 5.74) is 3.80. The Morgan fingerprint density at radius 2 is 2.20 bits per heavy atom. The molecule has 112 valence electrons. The van der Waals surface area contributed by atoms with Crippen molar-refractivity contribution in [2.24, 2.45) is 0 Å². The van der Waals surface area contributed by atoms with Crippen LogP contribution in [0.5, 0.6) is 0 Å². The standard InChI is InChI=1S/C16H25NO2S/c1-12-6-7-14(9-13(12)2)16(17-3)11-20(18)10-15-5-4-8-19-15/h6-7,9,15-17H,4-5,8,10-11H2,1-3H3. The molecule has 0 radical (unpaired) electrons. The van der Waals surface area contributed by atoms with E-state index in [-0.39, 0.29) is 12.1 Å². The molecule has 0 bridgehead atoms. The van der Waals surface area contributed by atoms with E-state index in [0.717, 1.165) is 19.4 Å². The zero-order valence-corrected chi connectivity index (χ0v) is 13.5. The van der Waals surface area contributed by atoms with Gasteiger partial charge in [0.05, 0.1) is 6.10 Å². The molecule has 0 aromatic heterocycles. The van der Waals surface area contributed by atoms with Crippen LogP contribution in [0.15, 0.2) is 18.2 Å². The first-order valence-corrected chi connectivity index (χ1v) is 8.80. The number of aryl methyl sites for hydroxylation is 2. The van der Waals surface area contributed by atoms with Gasteiger partial charge in [-0.1, -0.05) is 18.2 Å². The van der Waals surface area contributed by atoms with E-state index in [1.165, 1.54) is 16.7 Å². The van der Waals surface area contributed by atoms with Crippen LogP contribution in [0.1, 0.15) is 35.6 Å². The monoisotopic (exact) mass is 295 g/mol. The molecule has 0 amide bonds. The van der Waals surface area contributed by atoms with Crippen molar-refractivity contribution < 1.29 is 8.95 Å². The summed E-state index contributed by atoms with van der Waals surface area (Å²) in [7, 11) is 1.09. The van der Waals surface area contributed by atoms with Crippen LogP contribution in [0, 0.1) is 13.8 Å². The summed E-state index contributed by atoms with van der Waals surface area (Å²) in [6.07, 6.45) is 2.36. The molecule has 3 atom stereocenters. The lowest BCUT2D eigenvalue weighted by Crippen LogP contribution is -2.26. The van der Waals surface area contributed by atoms with E-state index in [1.54, 1.807) is 0 Å². The molecule has 4 heteroatoms. The van der Waals surface area contributed by atoms with E-state index in [9.17, 15) is 4.21 Å². The van der Waals surface area contributed by atoms with Crippen LogP contribution in [-0.4, -0.2) is 35.5 Å². The Morgan fingerprint density at radius 1 is 1.40 bits per heavy atom. The lowest BCUT2D eigenvalue weighted by molar-refractivity contribution is 0.128. The summed E-state index contributed by atoms with van der Waals surface area (Å²) in [6.45, 7) is 5.06. The van der Waals surface area contributed by atoms with E-state index in [1.807, 2.05) is 7.05 Å². The lowest BCUT2D eigenvalue weighted by atomic mass is 10.0. The maximum atomic E-state index is 12.3. The number of benzene rings is 1. The second kappa shape index (κ2) is 7.34. The van der Waals surface area contributed by atoms with Crippen LogP contribution in [-0.2, 0) is 15.5 Å². The predicted molar refractivity (Wildman–Crippen MR) is 84.6 cm³/mol. The normalized spacial score (nSPS) is 21.9. The maximum Gasteiger partial charge on any atom is 0.0691 e. The number of rotatable bonds is 6. The molecule has 1 aromatic rings. The number of nitrogens with one attached hydrogen (secondary N) is 1. The minimum atomic E-state index is -0.840. The summed E-state index contributed by atoms with van der Waals surface area (Å²) in [5, 5.41) is 3.29. The molecule has 3 nitrogen and oxygen atoms in total. The average molecular weight is 295 g/mol. The molecule has 3 unspecified atom stereocenters. The molecular formula is C16H25NO2S. The Morgan fingerprint density at radius 3 is 2.80 bits per heavy atom. The molecule has 0 saturated carbocycles. The van der Waals surface area contributed by atoms with Gasteiger partial charge in [-0.2, -0.15) is 0 Å². The van der Waals surface area contributed by atoms with Crippen LogP contribution in [0.2, 0.25) is 0 Å². The minimum Gasteiger partial charge on any atom is -0.377 e. The first-order chi connectivity index (χ1) is 9.60. The molecule has 1 aliphatic rings. The van der Waals surface area contributed by atoms with Gasteiger partial charge in [0.2, 0.25) is 0 Å². The van der Waals surface area contributed by atoms with Gasteiger partial charge in [0.15, 0.2) is 0 Å². The summed E-state index contributed by atoms with van der Waals surface area (Å²) < 4.78 is 17.9. The van der Waals surface area contributed by atoms with Crippen molar-refractivity contribution >= 4 is 10.8 Å². The Bertz CT molecular complexity index is 470. The predicted octanol–water partition coefficient (Wildman–Crippen LogP) is 2.49. The first kappa shape index (κ1) is 15.7. The van der Waals surface area contributed by atoms with E-state index < -0.39 is 10.8 Å². The highest BCUT2D eigenvalue weighted by molar-refractivity contribution is 7.85. The highest BCUT2D eigenvalue weighted by atomic mass is 32.2. The molecule has 1 heterocycles. The van der Waals surface area contributed by atoms with E-state index in [4.69, 9.17) is 4.74 Å². The van der Waals surface area contributed by atoms with Crippen molar-refractivity contribution in [1.29, 1.82) is 0 Å². The van der Waals surface area contributed by atoms with Gasteiger partial charge in [-0.15, -0.1) is 0 Å². The molecule has 1 aliphatic heterocycles. The lowest BCUT2D eigenvalue weighted by Gasteiger charge is -2.18. The van der Waals surface area contributed by atoms with Gasteiger partial charge in [-0.3, -0.25) is 4.21 Å². The number of ether oxygens (including phenoxy) is 1. The van der Waals surface area contributed by atoms with Gasteiger partial charge in [0.25, 0.3) is 0 Å². The fourth-order valence-corrected chi connectivity index (χ4v) is 4.11. The Hall–Kier alpha value is -0.710. The third-order valence-electron chi connectivity index (χ3n) is 4.03. The van der Waals surface area contributed by atoms with Gasteiger partial charge >= 0.3 is 0 Å². The van der Waals surface area contributed by atoms with Crippen LogP contribution in [0.4, 0.5) is 0 Å². The number of hydrogen-bond donors (Lipinski definition) is 1. The van der Waals surface area contributed by atoms with Gasteiger partial charge in [-0.05, 0) is 50.4 Å². The molecule has 1 fully saturated rings. The Kier molecular flexibility index (Phi) is 5.75. The molecule has 1 aromatic carbocycles. The zero-order valence-electron chi connectivity index (χ0n) is 12.6. The van der Waals surface area contributed by atoms with Crippen molar-refractivity contribution in [3.63, 3.8) is 0 Å². The summed E-state index contributed by atoms with van der Waals surface area (Å²) in [4.78, 5) is 0. The quantitative estimate of drug-likeness (QED) is 0.876. The number of hydrogen-bond acceptors (Lipinski definition) is 3. The average Bonchev–Trinajstić information content (AvgIpc) is 2.92. The molecule has 2 rings (SSSR count). The van der Waals surface area contributed by atoms with E-state index >= 15 is 0 Å². The fraction of sp³-hybridized carbons (Fsp3) is 0.625. The van der Waals surface area contributed by atoms with Crippen molar-refractivity contribution in [2.75, 3.05) is 25.2 Å². The van der Waals surface area contributed by atoms with Crippen molar-refractivity contribution in [3.05, 3.63) is 34.9 Å². The molecule has 0 spiro atoms. The largest absolute Gasteiger partial charge is 0.377 e. The van der Waals surface area contributed by atoms with Gasteiger partial charge < -0.3 is 10.1 Å². The molecule has 0 aliphatic carbocycles. The van der Waals surface area contributed by atoms with Crippen LogP contribution in [0.3, 0.4) is 0 Å². The fourth-order valence-electron chi connectivity index (χ4n) is 2.56. The Labute approximate surface area is 124 Å².